The Kier molecular flexibility index (Phi) is 4.92. The van der Waals surface area contributed by atoms with Crippen LogP contribution in [0.5, 0.6) is 0 Å². The fourth-order valence-electron chi connectivity index (χ4n) is 2.68. The summed E-state index contributed by atoms with van der Waals surface area (Å²) >= 11 is 0. The van der Waals surface area contributed by atoms with E-state index in [0.29, 0.717) is 37.8 Å². The van der Waals surface area contributed by atoms with Crippen molar-refractivity contribution in [2.24, 2.45) is 0 Å². The van der Waals surface area contributed by atoms with Crippen LogP contribution in [0.2, 0.25) is 0 Å². The van der Waals surface area contributed by atoms with E-state index in [1.165, 1.54) is 11.1 Å². The third-order valence-corrected chi connectivity index (χ3v) is 4.39. The molecule has 1 aliphatic rings. The number of carbonyl (C=O) groups is 2. The SMILES string of the molecule is Cc1ccc(Nc2nccc(C(=O)N3CCN(C=O)CC3)n2)cc1C. The van der Waals surface area contributed by atoms with Gasteiger partial charge in [0.15, 0.2) is 0 Å². The van der Waals surface area contributed by atoms with Crippen molar-refractivity contribution in [1.82, 2.24) is 19.8 Å². The van der Waals surface area contributed by atoms with E-state index in [9.17, 15) is 9.59 Å². The van der Waals surface area contributed by atoms with E-state index in [2.05, 4.69) is 22.2 Å². The van der Waals surface area contributed by atoms with Gasteiger partial charge in [-0.05, 0) is 43.2 Å². The normalized spacial score (nSPS) is 14.3. The molecule has 3 rings (SSSR count). The van der Waals surface area contributed by atoms with Gasteiger partial charge in [0.1, 0.15) is 5.69 Å². The number of hydrogen-bond donors (Lipinski definition) is 1. The Morgan fingerprint density at radius 3 is 2.56 bits per heavy atom. The van der Waals surface area contributed by atoms with Crippen LogP contribution in [-0.2, 0) is 4.79 Å². The van der Waals surface area contributed by atoms with Crippen LogP contribution in [0.15, 0.2) is 30.5 Å². The van der Waals surface area contributed by atoms with E-state index >= 15 is 0 Å². The molecule has 0 aliphatic carbocycles. The second-order valence-corrected chi connectivity index (χ2v) is 6.12. The topological polar surface area (TPSA) is 78.4 Å². The Hall–Kier alpha value is -2.96. The molecule has 0 spiro atoms. The lowest BCUT2D eigenvalue weighted by molar-refractivity contribution is -0.119. The molecule has 25 heavy (non-hydrogen) atoms. The van der Waals surface area contributed by atoms with Crippen molar-refractivity contribution in [2.45, 2.75) is 13.8 Å². The molecule has 0 atom stereocenters. The monoisotopic (exact) mass is 339 g/mol. The molecule has 0 radical (unpaired) electrons. The maximum atomic E-state index is 12.6. The lowest BCUT2D eigenvalue weighted by Gasteiger charge is -2.32. The van der Waals surface area contributed by atoms with E-state index in [0.717, 1.165) is 12.1 Å². The first-order valence-electron chi connectivity index (χ1n) is 8.23. The van der Waals surface area contributed by atoms with Crippen LogP contribution in [0.25, 0.3) is 0 Å². The maximum absolute atomic E-state index is 12.6. The summed E-state index contributed by atoms with van der Waals surface area (Å²) in [5.41, 5.74) is 3.61. The molecule has 1 fully saturated rings. The zero-order chi connectivity index (χ0) is 17.8. The van der Waals surface area contributed by atoms with E-state index in [1.807, 2.05) is 25.1 Å². The molecule has 0 saturated carbocycles. The van der Waals surface area contributed by atoms with Gasteiger partial charge in [0.2, 0.25) is 12.4 Å². The van der Waals surface area contributed by atoms with Crippen LogP contribution in [0.4, 0.5) is 11.6 Å². The molecule has 0 bridgehead atoms. The molecule has 2 aromatic rings. The van der Waals surface area contributed by atoms with Gasteiger partial charge < -0.3 is 15.1 Å². The standard InChI is InChI=1S/C18H21N5O2/c1-13-3-4-15(11-14(13)2)20-18-19-6-5-16(21-18)17(25)23-9-7-22(12-24)8-10-23/h3-6,11-12H,7-10H2,1-2H3,(H,19,20,21). The molecule has 130 valence electrons. The lowest BCUT2D eigenvalue weighted by Crippen LogP contribution is -2.48. The molecule has 1 N–H and O–H groups in total. The van der Waals surface area contributed by atoms with Gasteiger partial charge in [0.05, 0.1) is 0 Å². The molecule has 7 heteroatoms. The third-order valence-electron chi connectivity index (χ3n) is 4.39. The number of rotatable bonds is 4. The van der Waals surface area contributed by atoms with Crippen molar-refractivity contribution in [1.29, 1.82) is 0 Å². The van der Waals surface area contributed by atoms with Gasteiger partial charge in [0, 0.05) is 38.1 Å². The van der Waals surface area contributed by atoms with Gasteiger partial charge in [-0.3, -0.25) is 9.59 Å². The minimum absolute atomic E-state index is 0.143. The number of aryl methyl sites for hydroxylation is 2. The van der Waals surface area contributed by atoms with Crippen LogP contribution < -0.4 is 5.32 Å². The number of benzene rings is 1. The highest BCUT2D eigenvalue weighted by Crippen LogP contribution is 2.17. The van der Waals surface area contributed by atoms with Crippen LogP contribution in [0.1, 0.15) is 21.6 Å². The molecule has 0 unspecified atom stereocenters. The van der Waals surface area contributed by atoms with Crippen molar-refractivity contribution >= 4 is 24.0 Å². The van der Waals surface area contributed by atoms with E-state index in [-0.39, 0.29) is 5.91 Å². The molecule has 1 aromatic carbocycles. The average molecular weight is 339 g/mol. The van der Waals surface area contributed by atoms with Crippen LogP contribution in [0, 0.1) is 13.8 Å². The van der Waals surface area contributed by atoms with Crippen molar-refractivity contribution in [3.05, 3.63) is 47.3 Å². The van der Waals surface area contributed by atoms with Crippen LogP contribution in [-0.4, -0.2) is 58.3 Å². The van der Waals surface area contributed by atoms with Crippen molar-refractivity contribution in [3.8, 4) is 0 Å². The Morgan fingerprint density at radius 2 is 1.88 bits per heavy atom. The first kappa shape index (κ1) is 16.9. The molecule has 1 aliphatic heterocycles. The number of nitrogens with one attached hydrogen (secondary N) is 1. The fourth-order valence-corrected chi connectivity index (χ4v) is 2.68. The highest BCUT2D eigenvalue weighted by atomic mass is 16.2. The smallest absolute Gasteiger partial charge is 0.272 e. The zero-order valence-electron chi connectivity index (χ0n) is 14.4. The van der Waals surface area contributed by atoms with Crippen LogP contribution in [0.3, 0.4) is 0 Å². The number of aromatic nitrogens is 2. The number of anilines is 2. The van der Waals surface area contributed by atoms with E-state index < -0.39 is 0 Å². The Labute approximate surface area is 146 Å². The van der Waals surface area contributed by atoms with E-state index in [1.54, 1.807) is 22.1 Å². The zero-order valence-corrected chi connectivity index (χ0v) is 14.4. The van der Waals surface area contributed by atoms with Crippen molar-refractivity contribution < 1.29 is 9.59 Å². The number of amides is 2. The second kappa shape index (κ2) is 7.29. The van der Waals surface area contributed by atoms with Gasteiger partial charge >= 0.3 is 0 Å². The fraction of sp³-hybridized carbons (Fsp3) is 0.333. The van der Waals surface area contributed by atoms with Gasteiger partial charge in [-0.15, -0.1) is 0 Å². The third kappa shape index (κ3) is 3.93. The summed E-state index contributed by atoms with van der Waals surface area (Å²) in [5, 5.41) is 3.14. The van der Waals surface area contributed by atoms with Gasteiger partial charge in [-0.1, -0.05) is 6.07 Å². The van der Waals surface area contributed by atoms with E-state index in [4.69, 9.17) is 0 Å². The predicted octanol–water partition coefficient (Wildman–Crippen LogP) is 1.75. The second-order valence-electron chi connectivity index (χ2n) is 6.12. The molecule has 1 saturated heterocycles. The Balaban J connectivity index is 1.71. The summed E-state index contributed by atoms with van der Waals surface area (Å²) < 4.78 is 0. The molecular formula is C18H21N5O2. The summed E-state index contributed by atoms with van der Waals surface area (Å²) in [5.74, 6) is 0.247. The quantitative estimate of drug-likeness (QED) is 0.859. The number of hydrogen-bond acceptors (Lipinski definition) is 5. The van der Waals surface area contributed by atoms with Crippen molar-refractivity contribution in [2.75, 3.05) is 31.5 Å². The lowest BCUT2D eigenvalue weighted by atomic mass is 10.1. The molecule has 7 nitrogen and oxygen atoms in total. The first-order valence-corrected chi connectivity index (χ1v) is 8.23. The van der Waals surface area contributed by atoms with Gasteiger partial charge in [0.25, 0.3) is 5.91 Å². The summed E-state index contributed by atoms with van der Waals surface area (Å²) in [6.45, 7) is 6.23. The summed E-state index contributed by atoms with van der Waals surface area (Å²) in [4.78, 5) is 35.3. The number of piperazine rings is 1. The number of nitrogens with zero attached hydrogens (tertiary/aromatic N) is 4. The Morgan fingerprint density at radius 1 is 1.12 bits per heavy atom. The highest BCUT2D eigenvalue weighted by molar-refractivity contribution is 5.92. The molecule has 2 heterocycles. The summed E-state index contributed by atoms with van der Waals surface area (Å²) in [7, 11) is 0. The Bertz CT molecular complexity index is 785. The largest absolute Gasteiger partial charge is 0.342 e. The highest BCUT2D eigenvalue weighted by Gasteiger charge is 2.22. The number of carbonyl (C=O) groups excluding carboxylic acids is 2. The minimum Gasteiger partial charge on any atom is -0.342 e. The van der Waals surface area contributed by atoms with Gasteiger partial charge in [-0.25, -0.2) is 9.97 Å². The van der Waals surface area contributed by atoms with Crippen LogP contribution >= 0.6 is 0 Å². The average Bonchev–Trinajstić information content (AvgIpc) is 2.64. The maximum Gasteiger partial charge on any atom is 0.272 e. The molecular weight excluding hydrogens is 318 g/mol. The summed E-state index contributed by atoms with van der Waals surface area (Å²) in [6, 6.07) is 7.61. The van der Waals surface area contributed by atoms with Crippen molar-refractivity contribution in [3.63, 3.8) is 0 Å². The minimum atomic E-state index is -0.143. The summed E-state index contributed by atoms with van der Waals surface area (Å²) in [6.07, 6.45) is 2.39. The molecule has 2 amide bonds. The predicted molar refractivity (Wildman–Crippen MR) is 94.8 cm³/mol. The molecule has 1 aromatic heterocycles. The van der Waals surface area contributed by atoms with Gasteiger partial charge in [-0.2, -0.15) is 0 Å². The first-order chi connectivity index (χ1) is 12.1.